The van der Waals surface area contributed by atoms with Crippen LogP contribution in [0.25, 0.3) is 0 Å². The van der Waals surface area contributed by atoms with Crippen molar-refractivity contribution in [2.75, 3.05) is 27.7 Å². The highest BCUT2D eigenvalue weighted by Gasteiger charge is 2.21. The highest BCUT2D eigenvalue weighted by Crippen LogP contribution is 2.17. The number of aryl methyl sites for hydroxylation is 1. The van der Waals surface area contributed by atoms with Crippen molar-refractivity contribution in [3.8, 4) is 5.88 Å². The van der Waals surface area contributed by atoms with E-state index in [0.717, 1.165) is 31.0 Å². The largest absolute Gasteiger partial charge is 0.476 e. The zero-order valence-electron chi connectivity index (χ0n) is 13.8. The molecule has 4 nitrogen and oxygen atoms in total. The first kappa shape index (κ1) is 16.9. The van der Waals surface area contributed by atoms with Gasteiger partial charge in [0.15, 0.2) is 0 Å². The predicted molar refractivity (Wildman–Crippen MR) is 84.3 cm³/mol. The molecule has 1 aromatic heterocycles. The number of nitrogens with zero attached hydrogens (tertiary/aromatic N) is 2. The molecule has 114 valence electrons. The first-order valence-corrected chi connectivity index (χ1v) is 7.33. The highest BCUT2D eigenvalue weighted by molar-refractivity contribution is 5.25. The van der Waals surface area contributed by atoms with Crippen LogP contribution in [0.3, 0.4) is 0 Å². The average molecular weight is 279 g/mol. The summed E-state index contributed by atoms with van der Waals surface area (Å²) in [4.78, 5) is 6.76. The number of ether oxygens (including phenoxy) is 1. The van der Waals surface area contributed by atoms with Gasteiger partial charge in [-0.1, -0.05) is 13.3 Å². The molecule has 1 heterocycles. The maximum absolute atomic E-state index is 5.93. The Labute approximate surface area is 123 Å². The molecule has 1 N–H and O–H groups in total. The molecule has 0 saturated heterocycles. The van der Waals surface area contributed by atoms with Crippen LogP contribution in [0.4, 0.5) is 0 Å². The Hall–Kier alpha value is -1.13. The van der Waals surface area contributed by atoms with Gasteiger partial charge in [0.1, 0.15) is 6.61 Å². The van der Waals surface area contributed by atoms with E-state index in [2.05, 4.69) is 56.1 Å². The smallest absolute Gasteiger partial charge is 0.213 e. The SMILES string of the molecule is CCCc1cc(CNC)cc(OCC(C)(C)N(C)C)n1. The summed E-state index contributed by atoms with van der Waals surface area (Å²) < 4.78 is 5.93. The molecule has 4 heteroatoms. The number of hydrogen-bond donors (Lipinski definition) is 1. The van der Waals surface area contributed by atoms with Crippen molar-refractivity contribution in [2.24, 2.45) is 0 Å². The lowest BCUT2D eigenvalue weighted by molar-refractivity contribution is 0.111. The van der Waals surface area contributed by atoms with Gasteiger partial charge in [-0.25, -0.2) is 4.98 Å². The van der Waals surface area contributed by atoms with E-state index < -0.39 is 0 Å². The third-order valence-corrected chi connectivity index (χ3v) is 3.59. The lowest BCUT2D eigenvalue weighted by Gasteiger charge is -2.32. The van der Waals surface area contributed by atoms with Crippen LogP contribution in [0.15, 0.2) is 12.1 Å². The second-order valence-corrected chi connectivity index (χ2v) is 6.08. The van der Waals surface area contributed by atoms with Crippen molar-refractivity contribution in [3.63, 3.8) is 0 Å². The standard InChI is InChI=1S/C16H29N3O/c1-7-8-14-9-13(11-17-4)10-15(18-14)20-12-16(2,3)19(5)6/h9-10,17H,7-8,11-12H2,1-6H3. The second-order valence-electron chi connectivity index (χ2n) is 6.08. The van der Waals surface area contributed by atoms with Crippen molar-refractivity contribution in [1.82, 2.24) is 15.2 Å². The Kier molecular flexibility index (Phi) is 6.43. The molecule has 0 aliphatic carbocycles. The fourth-order valence-electron chi connectivity index (χ4n) is 1.76. The summed E-state index contributed by atoms with van der Waals surface area (Å²) in [5, 5.41) is 3.18. The first-order chi connectivity index (χ1) is 9.39. The summed E-state index contributed by atoms with van der Waals surface area (Å²) in [5.74, 6) is 0.733. The summed E-state index contributed by atoms with van der Waals surface area (Å²) in [6.45, 7) is 7.96. The van der Waals surface area contributed by atoms with E-state index in [-0.39, 0.29) is 5.54 Å². The summed E-state index contributed by atoms with van der Waals surface area (Å²) in [6.07, 6.45) is 2.09. The van der Waals surface area contributed by atoms with Crippen LogP contribution >= 0.6 is 0 Å². The quantitative estimate of drug-likeness (QED) is 0.793. The number of rotatable bonds is 8. The minimum atomic E-state index is -0.00832. The molecule has 0 fully saturated rings. The topological polar surface area (TPSA) is 37.4 Å². The normalized spacial score (nSPS) is 11.9. The Bertz CT molecular complexity index is 392. The van der Waals surface area contributed by atoms with Crippen LogP contribution < -0.4 is 10.1 Å². The summed E-state index contributed by atoms with van der Waals surface area (Å²) >= 11 is 0. The summed E-state index contributed by atoms with van der Waals surface area (Å²) in [6, 6.07) is 4.19. The monoisotopic (exact) mass is 279 g/mol. The maximum Gasteiger partial charge on any atom is 0.213 e. The van der Waals surface area contributed by atoms with Crippen LogP contribution in [-0.4, -0.2) is 43.2 Å². The zero-order chi connectivity index (χ0) is 15.2. The zero-order valence-corrected chi connectivity index (χ0v) is 13.8. The van der Waals surface area contributed by atoms with Gasteiger partial charge in [-0.15, -0.1) is 0 Å². The minimum Gasteiger partial charge on any atom is -0.476 e. The first-order valence-electron chi connectivity index (χ1n) is 7.33. The van der Waals surface area contributed by atoms with Crippen molar-refractivity contribution in [2.45, 2.75) is 45.7 Å². The van der Waals surface area contributed by atoms with Gasteiger partial charge in [-0.3, -0.25) is 0 Å². The van der Waals surface area contributed by atoms with E-state index in [0.29, 0.717) is 6.61 Å². The van der Waals surface area contributed by atoms with Crippen LogP contribution in [0.1, 0.15) is 38.4 Å². The van der Waals surface area contributed by atoms with Gasteiger partial charge in [-0.2, -0.15) is 0 Å². The molecule has 0 aliphatic heterocycles. The van der Waals surface area contributed by atoms with Crippen molar-refractivity contribution in [3.05, 3.63) is 23.4 Å². The third kappa shape index (κ3) is 5.10. The molecular weight excluding hydrogens is 250 g/mol. The molecule has 1 rings (SSSR count). The van der Waals surface area contributed by atoms with Crippen molar-refractivity contribution in [1.29, 1.82) is 0 Å². The Morgan fingerprint density at radius 2 is 2.00 bits per heavy atom. The Morgan fingerprint density at radius 1 is 1.30 bits per heavy atom. The van der Waals surface area contributed by atoms with Gasteiger partial charge in [0, 0.05) is 23.8 Å². The number of aromatic nitrogens is 1. The van der Waals surface area contributed by atoms with E-state index >= 15 is 0 Å². The molecule has 0 aromatic carbocycles. The maximum atomic E-state index is 5.93. The molecule has 20 heavy (non-hydrogen) atoms. The van der Waals surface area contributed by atoms with Gasteiger partial charge in [0.25, 0.3) is 0 Å². The molecule has 0 bridgehead atoms. The van der Waals surface area contributed by atoms with E-state index in [4.69, 9.17) is 4.74 Å². The van der Waals surface area contributed by atoms with Crippen molar-refractivity contribution < 1.29 is 4.74 Å². The highest BCUT2D eigenvalue weighted by atomic mass is 16.5. The van der Waals surface area contributed by atoms with Gasteiger partial charge in [-0.05, 0) is 53.0 Å². The van der Waals surface area contributed by atoms with Crippen LogP contribution in [0, 0.1) is 0 Å². The fourth-order valence-corrected chi connectivity index (χ4v) is 1.76. The fraction of sp³-hybridized carbons (Fsp3) is 0.688. The number of nitrogens with one attached hydrogen (secondary N) is 1. The predicted octanol–water partition coefficient (Wildman–Crippen LogP) is 2.47. The van der Waals surface area contributed by atoms with E-state index in [9.17, 15) is 0 Å². The molecule has 0 amide bonds. The summed E-state index contributed by atoms with van der Waals surface area (Å²) in [5.41, 5.74) is 2.33. The molecule has 0 spiro atoms. The number of likely N-dealkylation sites (N-methyl/N-ethyl adjacent to an activating group) is 1. The summed E-state index contributed by atoms with van der Waals surface area (Å²) in [7, 11) is 6.09. The van der Waals surface area contributed by atoms with Crippen LogP contribution in [-0.2, 0) is 13.0 Å². The molecule has 0 saturated carbocycles. The molecule has 0 atom stereocenters. The molecule has 0 aliphatic rings. The Balaban J connectivity index is 2.82. The van der Waals surface area contributed by atoms with E-state index in [1.54, 1.807) is 0 Å². The number of hydrogen-bond acceptors (Lipinski definition) is 4. The minimum absolute atomic E-state index is 0.00832. The molecular formula is C16H29N3O. The van der Waals surface area contributed by atoms with Gasteiger partial charge >= 0.3 is 0 Å². The van der Waals surface area contributed by atoms with Crippen LogP contribution in [0.2, 0.25) is 0 Å². The number of pyridine rings is 1. The lowest BCUT2D eigenvalue weighted by Crippen LogP contribution is -2.43. The molecule has 1 aromatic rings. The molecule has 0 unspecified atom stereocenters. The van der Waals surface area contributed by atoms with E-state index in [1.165, 1.54) is 5.56 Å². The third-order valence-electron chi connectivity index (χ3n) is 3.59. The van der Waals surface area contributed by atoms with Crippen LogP contribution in [0.5, 0.6) is 5.88 Å². The van der Waals surface area contributed by atoms with E-state index in [1.807, 2.05) is 13.1 Å². The van der Waals surface area contributed by atoms with Gasteiger partial charge in [0.05, 0.1) is 0 Å². The molecule has 0 radical (unpaired) electrons. The van der Waals surface area contributed by atoms with Crippen molar-refractivity contribution >= 4 is 0 Å². The van der Waals surface area contributed by atoms with Gasteiger partial charge < -0.3 is 15.0 Å². The Morgan fingerprint density at radius 3 is 2.55 bits per heavy atom. The second kappa shape index (κ2) is 7.60. The lowest BCUT2D eigenvalue weighted by atomic mass is 10.1. The van der Waals surface area contributed by atoms with Gasteiger partial charge in [0.2, 0.25) is 5.88 Å². The average Bonchev–Trinajstić information content (AvgIpc) is 2.37.